The molecule has 4 heterocycles. The molecule has 0 radical (unpaired) electrons. The first-order chi connectivity index (χ1) is 13.3. The Morgan fingerprint density at radius 2 is 1.96 bits per heavy atom. The third kappa shape index (κ3) is 3.60. The quantitative estimate of drug-likeness (QED) is 0.672. The molecule has 1 N–H and O–H groups in total. The smallest absolute Gasteiger partial charge is 0.274 e. The molecule has 0 aliphatic carbocycles. The second-order valence-electron chi connectivity index (χ2n) is 6.33. The van der Waals surface area contributed by atoms with Gasteiger partial charge in [0.05, 0.1) is 4.34 Å². The Kier molecular flexibility index (Phi) is 5.04. The van der Waals surface area contributed by atoms with Gasteiger partial charge in [0.25, 0.3) is 15.9 Å². The van der Waals surface area contributed by atoms with Crippen LogP contribution in [0.25, 0.3) is 11.5 Å². The number of thiophene rings is 1. The lowest BCUT2D eigenvalue weighted by Gasteiger charge is -2.33. The number of rotatable bonds is 4. The highest BCUT2D eigenvalue weighted by molar-refractivity contribution is 7.91. The zero-order valence-electron chi connectivity index (χ0n) is 14.9. The van der Waals surface area contributed by atoms with Gasteiger partial charge in [-0.05, 0) is 31.2 Å². The fraction of sp³-hybridized carbons (Fsp3) is 0.294. The molecule has 1 amide bonds. The molecule has 3 aromatic rings. The molecule has 28 heavy (non-hydrogen) atoms. The summed E-state index contributed by atoms with van der Waals surface area (Å²) in [4.78, 5) is 14.3. The van der Waals surface area contributed by atoms with Gasteiger partial charge in [0.15, 0.2) is 11.5 Å². The lowest BCUT2D eigenvalue weighted by molar-refractivity contribution is 0.0692. The van der Waals surface area contributed by atoms with Crippen molar-refractivity contribution in [2.75, 3.05) is 26.2 Å². The van der Waals surface area contributed by atoms with Gasteiger partial charge in [-0.1, -0.05) is 11.6 Å². The summed E-state index contributed by atoms with van der Waals surface area (Å²) in [5, 5.41) is 6.88. The standard InChI is InChI=1S/C17H17ClN4O4S2/c1-11-2-3-14(26-11)12-10-13(20-19-12)17(23)21-6-8-22(9-7-21)28(24,25)16-5-4-15(18)27-16/h2-5,10H,6-9H2,1H3,(H,19,20). The Labute approximate surface area is 170 Å². The van der Waals surface area contributed by atoms with Gasteiger partial charge in [0, 0.05) is 32.2 Å². The van der Waals surface area contributed by atoms with E-state index in [0.29, 0.717) is 28.9 Å². The summed E-state index contributed by atoms with van der Waals surface area (Å²) in [6.07, 6.45) is 0. The Morgan fingerprint density at radius 1 is 1.21 bits per heavy atom. The number of furan rings is 1. The molecule has 3 aromatic heterocycles. The van der Waals surface area contributed by atoms with Crippen LogP contribution in [-0.2, 0) is 10.0 Å². The molecular weight excluding hydrogens is 424 g/mol. The van der Waals surface area contributed by atoms with E-state index in [1.807, 2.05) is 13.0 Å². The van der Waals surface area contributed by atoms with Crippen molar-refractivity contribution >= 4 is 38.9 Å². The molecule has 0 spiro atoms. The maximum absolute atomic E-state index is 12.7. The van der Waals surface area contributed by atoms with Crippen molar-refractivity contribution in [2.24, 2.45) is 0 Å². The van der Waals surface area contributed by atoms with Gasteiger partial charge < -0.3 is 9.32 Å². The van der Waals surface area contributed by atoms with E-state index in [2.05, 4.69) is 10.2 Å². The third-order valence-corrected chi connectivity index (χ3v) is 8.07. The molecule has 1 saturated heterocycles. The number of sulfonamides is 1. The van der Waals surface area contributed by atoms with Gasteiger partial charge in [0.1, 0.15) is 15.7 Å². The lowest BCUT2D eigenvalue weighted by Crippen LogP contribution is -2.50. The number of hydrogen-bond acceptors (Lipinski definition) is 6. The van der Waals surface area contributed by atoms with Crippen LogP contribution in [0.3, 0.4) is 0 Å². The van der Waals surface area contributed by atoms with Crippen LogP contribution in [0.15, 0.2) is 39.0 Å². The first-order valence-corrected chi connectivity index (χ1v) is 11.1. The van der Waals surface area contributed by atoms with Gasteiger partial charge >= 0.3 is 0 Å². The summed E-state index contributed by atoms with van der Waals surface area (Å²) in [7, 11) is -3.59. The van der Waals surface area contributed by atoms with Gasteiger partial charge in [0.2, 0.25) is 0 Å². The maximum Gasteiger partial charge on any atom is 0.274 e. The third-order valence-electron chi connectivity index (χ3n) is 4.47. The van der Waals surface area contributed by atoms with Crippen molar-refractivity contribution in [1.82, 2.24) is 19.4 Å². The number of hydrogen-bond donors (Lipinski definition) is 1. The summed E-state index contributed by atoms with van der Waals surface area (Å²) in [5.74, 6) is 1.12. The van der Waals surface area contributed by atoms with E-state index < -0.39 is 10.0 Å². The lowest BCUT2D eigenvalue weighted by atomic mass is 10.2. The average Bonchev–Trinajstić information content (AvgIpc) is 3.42. The number of carbonyl (C=O) groups is 1. The molecule has 0 saturated carbocycles. The molecule has 0 unspecified atom stereocenters. The van der Waals surface area contributed by atoms with Crippen molar-refractivity contribution in [1.29, 1.82) is 0 Å². The first-order valence-electron chi connectivity index (χ1n) is 8.51. The minimum atomic E-state index is -3.59. The van der Waals surface area contributed by atoms with Crippen LogP contribution in [0.4, 0.5) is 0 Å². The monoisotopic (exact) mass is 440 g/mol. The minimum absolute atomic E-state index is 0.211. The van der Waals surface area contributed by atoms with Crippen molar-refractivity contribution in [3.63, 3.8) is 0 Å². The largest absolute Gasteiger partial charge is 0.460 e. The van der Waals surface area contributed by atoms with Gasteiger partial charge in [-0.25, -0.2) is 8.42 Å². The highest BCUT2D eigenvalue weighted by atomic mass is 35.5. The molecule has 1 aliphatic heterocycles. The Bertz CT molecular complexity index is 1110. The van der Waals surface area contributed by atoms with Crippen LogP contribution in [0.1, 0.15) is 16.2 Å². The average molecular weight is 441 g/mol. The molecule has 1 fully saturated rings. The topological polar surface area (TPSA) is 99.5 Å². The summed E-state index contributed by atoms with van der Waals surface area (Å²) in [6.45, 7) is 2.86. The summed E-state index contributed by atoms with van der Waals surface area (Å²) >= 11 is 6.88. The molecular formula is C17H17ClN4O4S2. The fourth-order valence-corrected chi connectivity index (χ4v) is 6.05. The number of aromatic amines is 1. The van der Waals surface area contributed by atoms with Gasteiger partial charge in [-0.15, -0.1) is 11.3 Å². The number of piperazine rings is 1. The highest BCUT2D eigenvalue weighted by Crippen LogP contribution is 2.29. The number of nitrogens with one attached hydrogen (secondary N) is 1. The number of aryl methyl sites for hydroxylation is 1. The summed E-state index contributed by atoms with van der Waals surface area (Å²) in [6, 6.07) is 8.34. The number of H-pyrrole nitrogens is 1. The van der Waals surface area contributed by atoms with Crippen molar-refractivity contribution in [2.45, 2.75) is 11.1 Å². The summed E-state index contributed by atoms with van der Waals surface area (Å²) in [5.41, 5.74) is 0.887. The second kappa shape index (κ2) is 7.36. The van der Waals surface area contributed by atoms with Crippen molar-refractivity contribution < 1.29 is 17.6 Å². The number of halogens is 1. The van der Waals surface area contributed by atoms with Crippen LogP contribution in [0.2, 0.25) is 4.34 Å². The predicted octanol–water partition coefficient (Wildman–Crippen LogP) is 2.84. The SMILES string of the molecule is Cc1ccc(-c2cc(C(=O)N3CCN(S(=O)(=O)c4ccc(Cl)s4)CC3)n[nH]2)o1. The highest BCUT2D eigenvalue weighted by Gasteiger charge is 2.32. The first kappa shape index (κ1) is 19.2. The van der Waals surface area contributed by atoms with E-state index in [1.54, 1.807) is 23.1 Å². The minimum Gasteiger partial charge on any atom is -0.460 e. The fourth-order valence-electron chi connectivity index (χ4n) is 2.99. The van der Waals surface area contributed by atoms with Gasteiger partial charge in [-0.3, -0.25) is 9.89 Å². The maximum atomic E-state index is 12.7. The van der Waals surface area contributed by atoms with E-state index in [4.69, 9.17) is 16.0 Å². The Balaban J connectivity index is 1.42. The number of carbonyl (C=O) groups excluding carboxylic acids is 1. The normalized spacial score (nSPS) is 15.9. The van der Waals surface area contributed by atoms with E-state index >= 15 is 0 Å². The zero-order chi connectivity index (χ0) is 19.9. The molecule has 8 nitrogen and oxygen atoms in total. The van der Waals surface area contributed by atoms with Crippen LogP contribution >= 0.6 is 22.9 Å². The van der Waals surface area contributed by atoms with E-state index in [1.165, 1.54) is 10.4 Å². The Hall–Kier alpha value is -2.14. The van der Waals surface area contributed by atoms with E-state index in [0.717, 1.165) is 17.1 Å². The molecule has 0 atom stereocenters. The molecule has 148 valence electrons. The zero-order valence-corrected chi connectivity index (χ0v) is 17.3. The molecule has 0 bridgehead atoms. The van der Waals surface area contributed by atoms with Crippen LogP contribution in [-0.4, -0.2) is 59.9 Å². The Morgan fingerprint density at radius 3 is 2.57 bits per heavy atom. The van der Waals surface area contributed by atoms with Crippen molar-refractivity contribution in [3.05, 3.63) is 46.1 Å². The molecule has 4 rings (SSSR count). The second-order valence-corrected chi connectivity index (χ2v) is 10.2. The number of nitrogens with zero attached hydrogens (tertiary/aromatic N) is 3. The van der Waals surface area contributed by atoms with Crippen LogP contribution in [0.5, 0.6) is 0 Å². The van der Waals surface area contributed by atoms with Crippen LogP contribution in [0, 0.1) is 6.92 Å². The van der Waals surface area contributed by atoms with E-state index in [-0.39, 0.29) is 28.9 Å². The van der Waals surface area contributed by atoms with E-state index in [9.17, 15) is 13.2 Å². The number of amides is 1. The van der Waals surface area contributed by atoms with Crippen molar-refractivity contribution in [3.8, 4) is 11.5 Å². The predicted molar refractivity (Wildman–Crippen MR) is 105 cm³/mol. The molecule has 0 aromatic carbocycles. The number of aromatic nitrogens is 2. The van der Waals surface area contributed by atoms with Crippen LogP contribution < -0.4 is 0 Å². The summed E-state index contributed by atoms with van der Waals surface area (Å²) < 4.78 is 32.8. The van der Waals surface area contributed by atoms with Gasteiger partial charge in [-0.2, -0.15) is 9.40 Å². The molecule has 11 heteroatoms. The molecule has 1 aliphatic rings.